The highest BCUT2D eigenvalue weighted by Crippen LogP contribution is 2.24. The summed E-state index contributed by atoms with van der Waals surface area (Å²) in [4.78, 5) is 4.05. The molecule has 0 amide bonds. The molecule has 1 aromatic heterocycles. The topological polar surface area (TPSA) is 27.1 Å². The highest BCUT2D eigenvalue weighted by molar-refractivity contribution is 5.26. The van der Waals surface area contributed by atoms with Crippen LogP contribution >= 0.6 is 0 Å². The predicted molar refractivity (Wildman–Crippen MR) is 59.1 cm³/mol. The van der Waals surface area contributed by atoms with E-state index in [4.69, 9.17) is 4.74 Å². The summed E-state index contributed by atoms with van der Waals surface area (Å²) < 4.78 is 20.6. The molecular weight excluding hydrogens is 207 g/mol. The Bertz CT molecular complexity index is 479. The molecule has 0 bridgehead atoms. The summed E-state index contributed by atoms with van der Waals surface area (Å²) in [6, 6.07) is 6.91. The fraction of sp³-hybridized carbons (Fsp3) is 0.250. The standard InChI is InChI=1S/C12H13FN2O/c1-9(2)15-8-7-14-12(15)16-11-6-4-3-5-10(11)13/h3-9H,1-2H3. The van der Waals surface area contributed by atoms with Crippen LogP contribution in [-0.4, -0.2) is 9.55 Å². The summed E-state index contributed by atoms with van der Waals surface area (Å²) in [5.41, 5.74) is 0. The lowest BCUT2D eigenvalue weighted by atomic mass is 10.3. The molecule has 0 aliphatic carbocycles. The van der Waals surface area contributed by atoms with Crippen molar-refractivity contribution in [2.75, 3.05) is 0 Å². The molecule has 0 aliphatic rings. The van der Waals surface area contributed by atoms with Crippen molar-refractivity contribution in [3.63, 3.8) is 0 Å². The van der Waals surface area contributed by atoms with Crippen molar-refractivity contribution in [3.8, 4) is 11.8 Å². The highest BCUT2D eigenvalue weighted by atomic mass is 19.1. The van der Waals surface area contributed by atoms with E-state index in [1.54, 1.807) is 30.6 Å². The predicted octanol–water partition coefficient (Wildman–Crippen LogP) is 3.40. The van der Waals surface area contributed by atoms with Crippen molar-refractivity contribution in [1.29, 1.82) is 0 Å². The molecule has 2 rings (SSSR count). The van der Waals surface area contributed by atoms with E-state index in [9.17, 15) is 4.39 Å². The third-order valence-electron chi connectivity index (χ3n) is 2.23. The summed E-state index contributed by atoms with van der Waals surface area (Å²) in [5, 5.41) is 0. The van der Waals surface area contributed by atoms with E-state index >= 15 is 0 Å². The Labute approximate surface area is 93.5 Å². The smallest absolute Gasteiger partial charge is 0.302 e. The second kappa shape index (κ2) is 4.35. The number of halogens is 1. The summed E-state index contributed by atoms with van der Waals surface area (Å²) in [5.74, 6) is -0.198. The maximum Gasteiger partial charge on any atom is 0.302 e. The van der Waals surface area contributed by atoms with Crippen LogP contribution in [0.2, 0.25) is 0 Å². The van der Waals surface area contributed by atoms with Gasteiger partial charge in [0, 0.05) is 18.4 Å². The Morgan fingerprint density at radius 1 is 1.31 bits per heavy atom. The number of aromatic nitrogens is 2. The first-order valence-corrected chi connectivity index (χ1v) is 5.13. The monoisotopic (exact) mass is 220 g/mol. The van der Waals surface area contributed by atoms with Gasteiger partial charge in [0.05, 0.1) is 0 Å². The van der Waals surface area contributed by atoms with Crippen molar-refractivity contribution >= 4 is 0 Å². The lowest BCUT2D eigenvalue weighted by Gasteiger charge is -2.11. The van der Waals surface area contributed by atoms with Crippen molar-refractivity contribution in [3.05, 3.63) is 42.5 Å². The van der Waals surface area contributed by atoms with Crippen LogP contribution in [0.1, 0.15) is 19.9 Å². The second-order valence-electron chi connectivity index (χ2n) is 3.74. The van der Waals surface area contributed by atoms with E-state index < -0.39 is 0 Å². The third kappa shape index (κ3) is 2.05. The van der Waals surface area contributed by atoms with Gasteiger partial charge in [-0.2, -0.15) is 0 Å². The minimum absolute atomic E-state index is 0.190. The van der Waals surface area contributed by atoms with Gasteiger partial charge in [-0.15, -0.1) is 0 Å². The fourth-order valence-electron chi connectivity index (χ4n) is 1.40. The molecular formula is C12H13FN2O. The first kappa shape index (κ1) is 10.7. The lowest BCUT2D eigenvalue weighted by molar-refractivity contribution is 0.376. The fourth-order valence-corrected chi connectivity index (χ4v) is 1.40. The molecule has 0 spiro atoms. The maximum absolute atomic E-state index is 13.4. The minimum Gasteiger partial charge on any atom is -0.422 e. The van der Waals surface area contributed by atoms with Gasteiger partial charge >= 0.3 is 6.01 Å². The van der Waals surface area contributed by atoms with Crippen molar-refractivity contribution < 1.29 is 9.13 Å². The number of hydrogen-bond donors (Lipinski definition) is 0. The quantitative estimate of drug-likeness (QED) is 0.792. The number of nitrogens with zero attached hydrogens (tertiary/aromatic N) is 2. The third-order valence-corrected chi connectivity index (χ3v) is 2.23. The lowest BCUT2D eigenvalue weighted by Crippen LogP contribution is -2.02. The molecule has 1 heterocycles. The highest BCUT2D eigenvalue weighted by Gasteiger charge is 2.10. The number of para-hydroxylation sites is 1. The molecule has 84 valence electrons. The molecule has 0 atom stereocenters. The summed E-state index contributed by atoms with van der Waals surface area (Å²) >= 11 is 0. The zero-order chi connectivity index (χ0) is 11.5. The molecule has 4 heteroatoms. The first-order valence-electron chi connectivity index (χ1n) is 5.13. The average Bonchev–Trinajstić information content (AvgIpc) is 2.69. The van der Waals surface area contributed by atoms with Crippen molar-refractivity contribution in [2.45, 2.75) is 19.9 Å². The van der Waals surface area contributed by atoms with Gasteiger partial charge in [-0.3, -0.25) is 4.57 Å². The molecule has 0 fully saturated rings. The molecule has 2 aromatic rings. The van der Waals surface area contributed by atoms with Crippen LogP contribution in [-0.2, 0) is 0 Å². The van der Waals surface area contributed by atoms with E-state index in [-0.39, 0.29) is 17.6 Å². The van der Waals surface area contributed by atoms with Crippen molar-refractivity contribution in [2.24, 2.45) is 0 Å². The van der Waals surface area contributed by atoms with Crippen molar-refractivity contribution in [1.82, 2.24) is 9.55 Å². The molecule has 0 aliphatic heterocycles. The Morgan fingerprint density at radius 3 is 2.75 bits per heavy atom. The normalized spacial score (nSPS) is 10.8. The average molecular weight is 220 g/mol. The summed E-state index contributed by atoms with van der Waals surface area (Å²) in [6.45, 7) is 4.02. The number of imidazole rings is 1. The van der Waals surface area contributed by atoms with Crippen LogP contribution in [0.3, 0.4) is 0 Å². The summed E-state index contributed by atoms with van der Waals surface area (Å²) in [6.07, 6.45) is 3.44. The summed E-state index contributed by atoms with van der Waals surface area (Å²) in [7, 11) is 0. The number of benzene rings is 1. The molecule has 0 saturated carbocycles. The van der Waals surface area contributed by atoms with Gasteiger partial charge < -0.3 is 4.74 Å². The van der Waals surface area contributed by atoms with Crippen LogP contribution in [0.5, 0.6) is 11.8 Å². The van der Waals surface area contributed by atoms with Crippen LogP contribution in [0.25, 0.3) is 0 Å². The maximum atomic E-state index is 13.4. The molecule has 3 nitrogen and oxygen atoms in total. The van der Waals surface area contributed by atoms with Gasteiger partial charge in [0.15, 0.2) is 11.6 Å². The zero-order valence-electron chi connectivity index (χ0n) is 9.22. The molecule has 0 saturated heterocycles. The van der Waals surface area contributed by atoms with Crippen LogP contribution in [0.4, 0.5) is 4.39 Å². The van der Waals surface area contributed by atoms with Crippen LogP contribution < -0.4 is 4.74 Å². The molecule has 16 heavy (non-hydrogen) atoms. The second-order valence-corrected chi connectivity index (χ2v) is 3.74. The minimum atomic E-state index is -0.388. The Balaban J connectivity index is 2.27. The Morgan fingerprint density at radius 2 is 2.06 bits per heavy atom. The zero-order valence-corrected chi connectivity index (χ0v) is 9.22. The number of ether oxygens (including phenoxy) is 1. The van der Waals surface area contributed by atoms with Crippen LogP contribution in [0, 0.1) is 5.82 Å². The largest absolute Gasteiger partial charge is 0.422 e. The van der Waals surface area contributed by atoms with Gasteiger partial charge in [-0.05, 0) is 26.0 Å². The molecule has 1 aromatic carbocycles. The molecule has 0 radical (unpaired) electrons. The Kier molecular flexibility index (Phi) is 2.90. The first-order chi connectivity index (χ1) is 7.68. The number of hydrogen-bond acceptors (Lipinski definition) is 2. The van der Waals surface area contributed by atoms with Crippen LogP contribution in [0.15, 0.2) is 36.7 Å². The van der Waals surface area contributed by atoms with Gasteiger partial charge in [-0.25, -0.2) is 9.37 Å². The molecule has 0 N–H and O–H groups in total. The number of rotatable bonds is 3. The Hall–Kier alpha value is -1.84. The van der Waals surface area contributed by atoms with E-state index in [2.05, 4.69) is 4.98 Å². The van der Waals surface area contributed by atoms with E-state index in [1.807, 2.05) is 18.4 Å². The van der Waals surface area contributed by atoms with Gasteiger partial charge in [0.25, 0.3) is 0 Å². The molecule has 0 unspecified atom stereocenters. The SMILES string of the molecule is CC(C)n1ccnc1Oc1ccccc1F. The van der Waals surface area contributed by atoms with Gasteiger partial charge in [0.1, 0.15) is 0 Å². The van der Waals surface area contributed by atoms with Gasteiger partial charge in [-0.1, -0.05) is 12.1 Å². The van der Waals surface area contributed by atoms with E-state index in [0.717, 1.165) is 0 Å². The van der Waals surface area contributed by atoms with Gasteiger partial charge in [0.2, 0.25) is 0 Å². The van der Waals surface area contributed by atoms with E-state index in [1.165, 1.54) is 6.07 Å². The van der Waals surface area contributed by atoms with E-state index in [0.29, 0.717) is 6.01 Å².